The fourth-order valence-corrected chi connectivity index (χ4v) is 1.74. The van der Waals surface area contributed by atoms with Gasteiger partial charge in [0.1, 0.15) is 12.4 Å². The second-order valence-electron chi connectivity index (χ2n) is 3.80. The Bertz CT molecular complexity index is 525. The molecule has 0 aliphatic rings. The molecule has 0 aliphatic heterocycles. The number of hydrogen-bond acceptors (Lipinski definition) is 3. The van der Waals surface area contributed by atoms with Gasteiger partial charge in [0.25, 0.3) is 0 Å². The number of aliphatic hydroxyl groups excluding tert-OH is 1. The number of benzene rings is 1. The van der Waals surface area contributed by atoms with Gasteiger partial charge in [0.05, 0.1) is 6.61 Å². The summed E-state index contributed by atoms with van der Waals surface area (Å²) in [7, 11) is 0. The van der Waals surface area contributed by atoms with Gasteiger partial charge in [-0.2, -0.15) is 0 Å². The Morgan fingerprint density at radius 2 is 2.28 bits per heavy atom. The summed E-state index contributed by atoms with van der Waals surface area (Å²) in [6, 6.07) is 4.48. The molecule has 2 rings (SSSR count). The van der Waals surface area contributed by atoms with Crippen molar-refractivity contribution >= 4 is 0 Å². The second-order valence-corrected chi connectivity index (χ2v) is 3.80. The van der Waals surface area contributed by atoms with Gasteiger partial charge in [-0.3, -0.25) is 0 Å². The van der Waals surface area contributed by atoms with Crippen molar-refractivity contribution in [2.75, 3.05) is 0 Å². The predicted octanol–water partition coefficient (Wildman–Crippen LogP) is 2.11. The maximum absolute atomic E-state index is 13.6. The average Bonchev–Trinajstić information content (AvgIpc) is 2.84. The minimum atomic E-state index is -0.476. The van der Waals surface area contributed by atoms with Gasteiger partial charge in [-0.25, -0.2) is 9.37 Å². The lowest BCUT2D eigenvalue weighted by Gasteiger charge is -2.11. The van der Waals surface area contributed by atoms with E-state index in [1.54, 1.807) is 18.3 Å². The molecule has 0 bridgehead atoms. The number of imidazole rings is 1. The van der Waals surface area contributed by atoms with Crippen molar-refractivity contribution in [2.45, 2.75) is 26.7 Å². The van der Waals surface area contributed by atoms with Gasteiger partial charge in [-0.1, -0.05) is 12.1 Å². The third-order valence-electron chi connectivity index (χ3n) is 2.71. The van der Waals surface area contributed by atoms with Crippen LogP contribution in [0, 0.1) is 5.82 Å². The van der Waals surface area contributed by atoms with Crippen LogP contribution >= 0.6 is 0 Å². The van der Waals surface area contributed by atoms with E-state index in [1.165, 1.54) is 6.07 Å². The number of para-hydroxylation sites is 1. The monoisotopic (exact) mass is 250 g/mol. The molecule has 0 saturated heterocycles. The molecule has 0 atom stereocenters. The van der Waals surface area contributed by atoms with Crippen LogP contribution in [0.2, 0.25) is 0 Å². The highest BCUT2D eigenvalue weighted by molar-refractivity contribution is 5.34. The molecule has 0 aliphatic carbocycles. The lowest BCUT2D eigenvalue weighted by molar-refractivity contribution is 0.245. The molecule has 4 nitrogen and oxygen atoms in total. The lowest BCUT2D eigenvalue weighted by atomic mass is 10.2. The van der Waals surface area contributed by atoms with Crippen molar-refractivity contribution in [3.63, 3.8) is 0 Å². The van der Waals surface area contributed by atoms with E-state index in [2.05, 4.69) is 4.98 Å². The molecule has 5 heteroatoms. The number of aryl methyl sites for hydroxylation is 1. The highest BCUT2D eigenvalue weighted by Gasteiger charge is 2.10. The second kappa shape index (κ2) is 5.64. The van der Waals surface area contributed by atoms with Crippen LogP contribution in [0.1, 0.15) is 18.3 Å². The molecule has 0 saturated carbocycles. The van der Waals surface area contributed by atoms with Gasteiger partial charge < -0.3 is 14.4 Å². The van der Waals surface area contributed by atoms with Crippen molar-refractivity contribution in [2.24, 2.45) is 0 Å². The summed E-state index contributed by atoms with van der Waals surface area (Å²) in [6.07, 6.45) is 3.52. The summed E-state index contributed by atoms with van der Waals surface area (Å²) in [5.74, 6) is 0.339. The van der Waals surface area contributed by atoms with Gasteiger partial charge in [0.2, 0.25) is 0 Å². The molecule has 0 spiro atoms. The fourth-order valence-electron chi connectivity index (χ4n) is 1.74. The zero-order valence-electron chi connectivity index (χ0n) is 10.1. The van der Waals surface area contributed by atoms with Gasteiger partial charge >= 0.3 is 0 Å². The third kappa shape index (κ3) is 2.51. The summed E-state index contributed by atoms with van der Waals surface area (Å²) < 4.78 is 20.9. The van der Waals surface area contributed by atoms with E-state index < -0.39 is 5.82 Å². The van der Waals surface area contributed by atoms with E-state index in [0.29, 0.717) is 5.56 Å². The van der Waals surface area contributed by atoms with Crippen LogP contribution in [0.25, 0.3) is 0 Å². The Hall–Kier alpha value is -1.88. The number of aromatic nitrogens is 2. The smallest absolute Gasteiger partial charge is 0.165 e. The number of hydrogen-bond donors (Lipinski definition) is 1. The highest BCUT2D eigenvalue weighted by Crippen LogP contribution is 2.23. The van der Waals surface area contributed by atoms with E-state index in [0.717, 1.165) is 12.4 Å². The summed E-state index contributed by atoms with van der Waals surface area (Å²) in [5, 5.41) is 9.13. The van der Waals surface area contributed by atoms with Gasteiger partial charge in [-0.05, 0) is 13.0 Å². The number of rotatable bonds is 5. The van der Waals surface area contributed by atoms with Gasteiger partial charge in [0.15, 0.2) is 11.6 Å². The quantitative estimate of drug-likeness (QED) is 0.884. The third-order valence-corrected chi connectivity index (χ3v) is 2.71. The zero-order chi connectivity index (χ0) is 13.0. The zero-order valence-corrected chi connectivity index (χ0v) is 10.1. The fraction of sp³-hybridized carbons (Fsp3) is 0.308. The minimum Gasteiger partial charge on any atom is -0.482 e. The van der Waals surface area contributed by atoms with Gasteiger partial charge in [-0.15, -0.1) is 0 Å². The maximum atomic E-state index is 13.6. The number of aliphatic hydroxyl groups is 1. The Kier molecular flexibility index (Phi) is 3.94. The molecule has 1 aromatic heterocycles. The van der Waals surface area contributed by atoms with Crippen LogP contribution < -0.4 is 4.74 Å². The van der Waals surface area contributed by atoms with Crippen LogP contribution in [-0.2, 0) is 19.8 Å². The molecular formula is C13H15FN2O2. The molecule has 18 heavy (non-hydrogen) atoms. The number of nitrogens with zero attached hydrogens (tertiary/aromatic N) is 2. The van der Waals surface area contributed by atoms with Gasteiger partial charge in [0, 0.05) is 24.5 Å². The van der Waals surface area contributed by atoms with E-state index >= 15 is 0 Å². The molecular weight excluding hydrogens is 235 g/mol. The Morgan fingerprint density at radius 1 is 1.44 bits per heavy atom. The number of ether oxygens (including phenoxy) is 1. The molecule has 0 fully saturated rings. The van der Waals surface area contributed by atoms with Crippen molar-refractivity contribution in [3.05, 3.63) is 47.8 Å². The molecule has 0 amide bonds. The average molecular weight is 250 g/mol. The Balaban J connectivity index is 2.15. The van der Waals surface area contributed by atoms with Crippen molar-refractivity contribution in [3.8, 4) is 5.75 Å². The van der Waals surface area contributed by atoms with Crippen molar-refractivity contribution in [1.82, 2.24) is 9.55 Å². The predicted molar refractivity (Wildman–Crippen MR) is 64.6 cm³/mol. The molecule has 1 N–H and O–H groups in total. The maximum Gasteiger partial charge on any atom is 0.165 e. The summed E-state index contributed by atoms with van der Waals surface area (Å²) in [5.41, 5.74) is 0.435. The normalized spacial score (nSPS) is 10.6. The lowest BCUT2D eigenvalue weighted by Crippen LogP contribution is -2.07. The summed E-state index contributed by atoms with van der Waals surface area (Å²) >= 11 is 0. The topological polar surface area (TPSA) is 47.3 Å². The van der Waals surface area contributed by atoms with E-state index in [-0.39, 0.29) is 19.0 Å². The Morgan fingerprint density at radius 3 is 3.00 bits per heavy atom. The minimum absolute atomic E-state index is 0.0886. The molecule has 96 valence electrons. The first-order valence-corrected chi connectivity index (χ1v) is 5.77. The first-order chi connectivity index (χ1) is 8.76. The van der Waals surface area contributed by atoms with E-state index in [9.17, 15) is 4.39 Å². The van der Waals surface area contributed by atoms with Crippen molar-refractivity contribution in [1.29, 1.82) is 0 Å². The molecule has 1 aromatic carbocycles. The molecule has 0 unspecified atom stereocenters. The van der Waals surface area contributed by atoms with E-state index in [1.807, 2.05) is 17.7 Å². The first-order valence-electron chi connectivity index (χ1n) is 5.77. The highest BCUT2D eigenvalue weighted by atomic mass is 19.1. The van der Waals surface area contributed by atoms with Crippen LogP contribution in [0.4, 0.5) is 4.39 Å². The van der Waals surface area contributed by atoms with Crippen LogP contribution in [0.3, 0.4) is 0 Å². The van der Waals surface area contributed by atoms with Crippen LogP contribution in [0.15, 0.2) is 30.6 Å². The Labute approximate surface area is 105 Å². The largest absolute Gasteiger partial charge is 0.482 e. The van der Waals surface area contributed by atoms with E-state index in [4.69, 9.17) is 9.84 Å². The molecule has 1 heterocycles. The standard InChI is InChI=1S/C13H15FN2O2/c1-2-16-7-6-15-12(16)9-18-13-10(8-17)4-3-5-11(13)14/h3-7,17H,2,8-9H2,1H3. The van der Waals surface area contributed by atoms with Crippen molar-refractivity contribution < 1.29 is 14.2 Å². The van der Waals surface area contributed by atoms with Crippen LogP contribution in [0.5, 0.6) is 5.75 Å². The van der Waals surface area contributed by atoms with Crippen LogP contribution in [-0.4, -0.2) is 14.7 Å². The summed E-state index contributed by atoms with van der Waals surface area (Å²) in [6.45, 7) is 2.69. The number of halogens is 1. The summed E-state index contributed by atoms with van der Waals surface area (Å²) in [4.78, 5) is 4.14. The molecule has 0 radical (unpaired) electrons. The SMILES string of the molecule is CCn1ccnc1COc1c(F)cccc1CO. The first kappa shape index (κ1) is 12.6. The molecule has 2 aromatic rings.